The van der Waals surface area contributed by atoms with Crippen molar-refractivity contribution < 1.29 is 14.6 Å². The Balaban J connectivity index is 1.84. The van der Waals surface area contributed by atoms with Gasteiger partial charge >= 0.3 is 22.8 Å². The second kappa shape index (κ2) is 6.92. The number of ether oxygens (including phenoxy) is 2. The van der Waals surface area contributed by atoms with Gasteiger partial charge in [-0.2, -0.15) is 0 Å². The van der Waals surface area contributed by atoms with Gasteiger partial charge in [0.05, 0.1) is 33.4 Å². The van der Waals surface area contributed by atoms with Crippen LogP contribution in [-0.2, 0) is 27.2 Å². The number of nitrogens with zero attached hydrogens (tertiary/aromatic N) is 6. The van der Waals surface area contributed by atoms with Crippen molar-refractivity contribution in [1.82, 2.24) is 27.9 Å². The predicted molar refractivity (Wildman–Crippen MR) is 114 cm³/mol. The van der Waals surface area contributed by atoms with E-state index in [1.54, 1.807) is 18.2 Å². The van der Waals surface area contributed by atoms with Crippen LogP contribution in [0.2, 0.25) is 0 Å². The van der Waals surface area contributed by atoms with Gasteiger partial charge in [0.2, 0.25) is 5.75 Å². The maximum atomic E-state index is 13.1. The number of methoxy groups -OCH3 is 2. The molecule has 0 aliphatic carbocycles. The lowest BCUT2D eigenvalue weighted by atomic mass is 9.90. The Morgan fingerprint density at radius 1 is 0.848 bits per heavy atom. The van der Waals surface area contributed by atoms with E-state index >= 15 is 0 Å². The summed E-state index contributed by atoms with van der Waals surface area (Å²) < 4.78 is 17.8. The Hall–Kier alpha value is -4.16. The Kier molecular flexibility index (Phi) is 4.35. The third kappa shape index (κ3) is 2.58. The Morgan fingerprint density at radius 3 is 1.97 bits per heavy atom. The molecule has 1 aromatic carbocycles. The fourth-order valence-corrected chi connectivity index (χ4v) is 4.75. The van der Waals surface area contributed by atoms with Gasteiger partial charge in [0.15, 0.2) is 11.5 Å². The van der Waals surface area contributed by atoms with Crippen molar-refractivity contribution in [2.75, 3.05) is 14.2 Å². The topological polar surface area (TPSA) is 137 Å². The highest BCUT2D eigenvalue weighted by Crippen LogP contribution is 2.44. The molecule has 0 fully saturated rings. The largest absolute Gasteiger partial charge is 0.502 e. The third-order valence-corrected chi connectivity index (χ3v) is 6.41. The van der Waals surface area contributed by atoms with Gasteiger partial charge in [0.1, 0.15) is 6.04 Å². The van der Waals surface area contributed by atoms with Gasteiger partial charge in [-0.25, -0.2) is 47.0 Å². The van der Waals surface area contributed by atoms with Crippen LogP contribution in [0.15, 0.2) is 43.0 Å². The molecular weight excluding hydrogens is 436 g/mol. The fourth-order valence-electron chi connectivity index (χ4n) is 4.75. The number of hydrogen-bond donors (Lipinski definition) is 1. The minimum Gasteiger partial charge on any atom is -0.502 e. The van der Waals surface area contributed by atoms with E-state index in [1.807, 2.05) is 0 Å². The number of rotatable bonds is 3. The van der Waals surface area contributed by atoms with E-state index in [1.165, 1.54) is 47.0 Å². The molecule has 0 unspecified atom stereocenters. The first-order chi connectivity index (χ1) is 15.7. The lowest BCUT2D eigenvalue weighted by Crippen LogP contribution is -2.46. The number of benzene rings is 1. The summed E-state index contributed by atoms with van der Waals surface area (Å²) in [5.74, 6) is 0.0312. The van der Waals surface area contributed by atoms with Gasteiger partial charge in [-0.1, -0.05) is 6.08 Å². The summed E-state index contributed by atoms with van der Waals surface area (Å²) in [6.07, 6.45) is 1.79. The van der Waals surface area contributed by atoms with E-state index in [9.17, 15) is 24.3 Å². The van der Waals surface area contributed by atoms with Gasteiger partial charge in [0.25, 0.3) is 0 Å². The molecular formula is C20H22N6O7. The molecule has 0 bridgehead atoms. The van der Waals surface area contributed by atoms with Crippen LogP contribution in [-0.4, -0.2) is 47.2 Å². The normalized spacial score (nSPS) is 18.8. The lowest BCUT2D eigenvalue weighted by molar-refractivity contribution is 0.245. The molecule has 2 aromatic heterocycles. The predicted octanol–water partition coefficient (Wildman–Crippen LogP) is -1.48. The standard InChI is InChI=1S/C20H22N6O7/c1-21-17(28)23-6-5-11-12(25(23)19(21)30)9-24-18(29)22(2)20(31)26(24)15(11)10-7-13(32-3)16(27)14(8-10)33-4/h5,7-8,12,15,27H,6,9H2,1-4H3/t12-,15+/m1/s1. The van der Waals surface area contributed by atoms with Crippen molar-refractivity contribution in [2.24, 2.45) is 14.1 Å². The zero-order chi connectivity index (χ0) is 23.8. The molecule has 0 spiro atoms. The van der Waals surface area contributed by atoms with Gasteiger partial charge in [-0.15, -0.1) is 0 Å². The first kappa shape index (κ1) is 20.7. The number of allylic oxidation sites excluding steroid dienone is 2. The number of fused-ring (bicyclic) bond motifs is 4. The Morgan fingerprint density at radius 2 is 1.39 bits per heavy atom. The summed E-state index contributed by atoms with van der Waals surface area (Å²) in [5.41, 5.74) is -0.925. The molecule has 4 heterocycles. The van der Waals surface area contributed by atoms with Crippen molar-refractivity contribution >= 4 is 0 Å². The summed E-state index contributed by atoms with van der Waals surface area (Å²) in [6.45, 7) is 0.113. The SMILES string of the molecule is COc1cc([C@H]2C3=CCn4c(=O)n(C)c(=O)n4[C@@H]3Cn3c(=O)n(C)c(=O)n32)cc(OC)c1O. The Labute approximate surface area is 185 Å². The zero-order valence-corrected chi connectivity index (χ0v) is 18.4. The first-order valence-corrected chi connectivity index (χ1v) is 10.1. The van der Waals surface area contributed by atoms with Crippen LogP contribution >= 0.6 is 0 Å². The second-order valence-corrected chi connectivity index (χ2v) is 8.00. The summed E-state index contributed by atoms with van der Waals surface area (Å²) >= 11 is 0. The maximum absolute atomic E-state index is 13.1. The quantitative estimate of drug-likeness (QED) is 0.473. The van der Waals surface area contributed by atoms with E-state index in [0.717, 1.165) is 9.13 Å². The molecule has 13 heteroatoms. The van der Waals surface area contributed by atoms with E-state index in [0.29, 0.717) is 11.1 Å². The molecule has 0 saturated carbocycles. The molecule has 13 nitrogen and oxygen atoms in total. The molecule has 5 rings (SSSR count). The van der Waals surface area contributed by atoms with E-state index in [2.05, 4.69) is 0 Å². The lowest BCUT2D eigenvalue weighted by Gasteiger charge is -2.37. The highest BCUT2D eigenvalue weighted by Gasteiger charge is 2.41. The van der Waals surface area contributed by atoms with Gasteiger partial charge in [-0.05, 0) is 23.3 Å². The highest BCUT2D eigenvalue weighted by molar-refractivity contribution is 5.54. The van der Waals surface area contributed by atoms with Crippen LogP contribution in [0, 0.1) is 0 Å². The third-order valence-electron chi connectivity index (χ3n) is 6.41. The first-order valence-electron chi connectivity index (χ1n) is 10.1. The van der Waals surface area contributed by atoms with Crippen LogP contribution in [0.3, 0.4) is 0 Å². The van der Waals surface area contributed by atoms with E-state index in [-0.39, 0.29) is 30.3 Å². The number of aromatic hydroxyl groups is 1. The minimum atomic E-state index is -0.815. The van der Waals surface area contributed by atoms with Crippen LogP contribution in [0.1, 0.15) is 17.6 Å². The molecule has 2 aliphatic rings. The molecule has 3 aromatic rings. The Bertz CT molecular complexity index is 1550. The van der Waals surface area contributed by atoms with Crippen LogP contribution in [0.5, 0.6) is 17.2 Å². The summed E-state index contributed by atoms with van der Waals surface area (Å²) in [5, 5.41) is 10.4. The minimum absolute atomic E-state index is 0.00698. The summed E-state index contributed by atoms with van der Waals surface area (Å²) in [6, 6.07) is 1.60. The molecule has 0 saturated heterocycles. The number of phenolic OH excluding ortho intramolecular Hbond substituents is 1. The van der Waals surface area contributed by atoms with Gasteiger partial charge < -0.3 is 14.6 Å². The number of hydrogen-bond acceptors (Lipinski definition) is 7. The average molecular weight is 458 g/mol. The fraction of sp³-hybridized carbons (Fsp3) is 0.400. The molecule has 0 radical (unpaired) electrons. The van der Waals surface area contributed by atoms with E-state index < -0.39 is 34.8 Å². The monoisotopic (exact) mass is 458 g/mol. The number of phenols is 1. The smallest absolute Gasteiger partial charge is 0.347 e. The highest BCUT2D eigenvalue weighted by atomic mass is 16.5. The van der Waals surface area contributed by atoms with Crippen molar-refractivity contribution in [2.45, 2.75) is 25.2 Å². The van der Waals surface area contributed by atoms with Gasteiger partial charge in [-0.3, -0.25) is 0 Å². The van der Waals surface area contributed by atoms with E-state index in [4.69, 9.17) is 9.47 Å². The maximum Gasteiger partial charge on any atom is 0.347 e. The molecule has 2 atom stereocenters. The molecule has 0 amide bonds. The van der Waals surface area contributed by atoms with Crippen molar-refractivity contribution in [3.05, 3.63) is 71.3 Å². The van der Waals surface area contributed by atoms with Gasteiger partial charge in [0, 0.05) is 14.1 Å². The number of aromatic nitrogens is 6. The second-order valence-electron chi connectivity index (χ2n) is 8.00. The van der Waals surface area contributed by atoms with Crippen molar-refractivity contribution in [3.63, 3.8) is 0 Å². The van der Waals surface area contributed by atoms with Crippen LogP contribution in [0.25, 0.3) is 0 Å². The zero-order valence-electron chi connectivity index (χ0n) is 18.4. The molecule has 174 valence electrons. The molecule has 2 aliphatic heterocycles. The van der Waals surface area contributed by atoms with Crippen LogP contribution in [0.4, 0.5) is 0 Å². The van der Waals surface area contributed by atoms with Crippen molar-refractivity contribution in [1.29, 1.82) is 0 Å². The molecule has 33 heavy (non-hydrogen) atoms. The summed E-state index contributed by atoms with van der Waals surface area (Å²) in [4.78, 5) is 51.4. The average Bonchev–Trinajstić information content (AvgIpc) is 3.17. The summed E-state index contributed by atoms with van der Waals surface area (Å²) in [7, 11) is 5.54. The van der Waals surface area contributed by atoms with Crippen molar-refractivity contribution in [3.8, 4) is 17.2 Å². The van der Waals surface area contributed by atoms with Crippen LogP contribution < -0.4 is 32.2 Å². The molecule has 1 N–H and O–H groups in total.